The normalized spacial score (nSPS) is 15.9. The maximum Gasteiger partial charge on any atom is 0.258 e. The number of H-pyrrole nitrogens is 1. The van der Waals surface area contributed by atoms with Crippen molar-refractivity contribution >= 4 is 16.8 Å². The number of aromatic nitrogens is 2. The van der Waals surface area contributed by atoms with Crippen LogP contribution in [0.3, 0.4) is 0 Å². The van der Waals surface area contributed by atoms with Gasteiger partial charge in [0.1, 0.15) is 5.82 Å². The van der Waals surface area contributed by atoms with E-state index in [1.807, 2.05) is 25.1 Å². The van der Waals surface area contributed by atoms with Crippen LogP contribution < -0.4 is 10.9 Å². The largest absolute Gasteiger partial charge is 0.353 e. The van der Waals surface area contributed by atoms with Crippen LogP contribution in [-0.2, 0) is 11.2 Å². The summed E-state index contributed by atoms with van der Waals surface area (Å²) in [6, 6.07) is 7.47. The average Bonchev–Trinajstić information content (AvgIpc) is 3.30. The molecule has 0 aliphatic heterocycles. The van der Waals surface area contributed by atoms with Crippen LogP contribution in [0, 0.1) is 5.92 Å². The van der Waals surface area contributed by atoms with E-state index in [1.54, 1.807) is 6.07 Å². The van der Waals surface area contributed by atoms with Gasteiger partial charge in [0.25, 0.3) is 5.56 Å². The first-order chi connectivity index (χ1) is 10.1. The Balaban J connectivity index is 1.64. The summed E-state index contributed by atoms with van der Waals surface area (Å²) in [6.07, 6.45) is 3.21. The number of hydrogen-bond acceptors (Lipinski definition) is 3. The quantitative estimate of drug-likeness (QED) is 0.879. The molecule has 1 aromatic carbocycles. The molecule has 0 radical (unpaired) electrons. The van der Waals surface area contributed by atoms with Crippen molar-refractivity contribution in [3.05, 3.63) is 40.4 Å². The van der Waals surface area contributed by atoms with Crippen molar-refractivity contribution in [2.24, 2.45) is 5.92 Å². The lowest BCUT2D eigenvalue weighted by molar-refractivity contribution is -0.121. The van der Waals surface area contributed by atoms with Gasteiger partial charge in [-0.2, -0.15) is 0 Å². The van der Waals surface area contributed by atoms with Gasteiger partial charge in [-0.15, -0.1) is 0 Å². The molecule has 0 unspecified atom stereocenters. The van der Waals surface area contributed by atoms with Crippen LogP contribution in [0.1, 0.15) is 32.0 Å². The van der Waals surface area contributed by atoms with Crippen LogP contribution in [0.4, 0.5) is 0 Å². The maximum atomic E-state index is 11.9. The minimum absolute atomic E-state index is 0.0187. The fraction of sp³-hybridized carbons (Fsp3) is 0.438. The molecule has 1 amide bonds. The summed E-state index contributed by atoms with van der Waals surface area (Å²) in [7, 11) is 0. The molecule has 5 heteroatoms. The fourth-order valence-electron chi connectivity index (χ4n) is 2.53. The van der Waals surface area contributed by atoms with Gasteiger partial charge in [-0.3, -0.25) is 9.59 Å². The summed E-state index contributed by atoms with van der Waals surface area (Å²) >= 11 is 0. The molecule has 1 fully saturated rings. The Labute approximate surface area is 122 Å². The zero-order valence-electron chi connectivity index (χ0n) is 12.1. The molecular formula is C16H19N3O2. The van der Waals surface area contributed by atoms with E-state index in [2.05, 4.69) is 15.3 Å². The summed E-state index contributed by atoms with van der Waals surface area (Å²) < 4.78 is 0. The van der Waals surface area contributed by atoms with Crippen LogP contribution in [0.2, 0.25) is 0 Å². The molecule has 0 spiro atoms. The molecule has 2 aromatic rings. The maximum absolute atomic E-state index is 11.9. The second kappa shape index (κ2) is 5.68. The number of carbonyl (C=O) groups excluding carboxylic acids is 1. The highest BCUT2D eigenvalue weighted by molar-refractivity contribution is 5.78. The van der Waals surface area contributed by atoms with Gasteiger partial charge < -0.3 is 10.3 Å². The molecule has 1 aliphatic carbocycles. The molecule has 110 valence electrons. The Morgan fingerprint density at radius 3 is 2.95 bits per heavy atom. The van der Waals surface area contributed by atoms with Gasteiger partial charge in [0, 0.05) is 18.9 Å². The number of nitrogens with one attached hydrogen (secondary N) is 2. The summed E-state index contributed by atoms with van der Waals surface area (Å²) in [5, 5.41) is 3.58. The van der Waals surface area contributed by atoms with E-state index in [-0.39, 0.29) is 17.5 Å². The molecule has 3 rings (SSSR count). The van der Waals surface area contributed by atoms with Crippen molar-refractivity contribution in [2.75, 3.05) is 0 Å². The second-order valence-corrected chi connectivity index (χ2v) is 5.72. The van der Waals surface area contributed by atoms with Gasteiger partial charge in [-0.25, -0.2) is 4.98 Å². The molecule has 2 N–H and O–H groups in total. The summed E-state index contributed by atoms with van der Waals surface area (Å²) in [4.78, 5) is 30.9. The zero-order chi connectivity index (χ0) is 14.8. The number of aromatic amines is 1. The van der Waals surface area contributed by atoms with E-state index in [0.29, 0.717) is 35.5 Å². The zero-order valence-corrected chi connectivity index (χ0v) is 12.1. The first-order valence-electron chi connectivity index (χ1n) is 7.41. The van der Waals surface area contributed by atoms with Gasteiger partial charge in [-0.1, -0.05) is 12.1 Å². The lowest BCUT2D eigenvalue weighted by atomic mass is 10.2. The van der Waals surface area contributed by atoms with Gasteiger partial charge in [-0.05, 0) is 37.8 Å². The minimum atomic E-state index is -0.151. The second-order valence-electron chi connectivity index (χ2n) is 5.72. The van der Waals surface area contributed by atoms with Crippen LogP contribution in [0.25, 0.3) is 10.9 Å². The molecule has 1 aliphatic rings. The lowest BCUT2D eigenvalue weighted by Gasteiger charge is -2.12. The Morgan fingerprint density at radius 1 is 1.43 bits per heavy atom. The Hall–Kier alpha value is -2.17. The third-order valence-electron chi connectivity index (χ3n) is 3.97. The number of rotatable bonds is 5. The molecule has 1 aromatic heterocycles. The summed E-state index contributed by atoms with van der Waals surface area (Å²) in [6.45, 7) is 2.05. The number of fused-ring (bicyclic) bond motifs is 1. The molecule has 1 heterocycles. The minimum Gasteiger partial charge on any atom is -0.353 e. The fourth-order valence-corrected chi connectivity index (χ4v) is 2.53. The van der Waals surface area contributed by atoms with Crippen molar-refractivity contribution in [1.29, 1.82) is 0 Å². The van der Waals surface area contributed by atoms with Crippen LogP contribution in [0.5, 0.6) is 0 Å². The van der Waals surface area contributed by atoms with Crippen molar-refractivity contribution in [3.63, 3.8) is 0 Å². The van der Waals surface area contributed by atoms with E-state index in [0.717, 1.165) is 0 Å². The highest BCUT2D eigenvalue weighted by Gasteiger charge is 2.28. The third kappa shape index (κ3) is 3.29. The van der Waals surface area contributed by atoms with Crippen LogP contribution in [0.15, 0.2) is 29.1 Å². The van der Waals surface area contributed by atoms with Crippen molar-refractivity contribution in [3.8, 4) is 0 Å². The molecule has 0 bridgehead atoms. The first kappa shape index (κ1) is 13.8. The van der Waals surface area contributed by atoms with Crippen molar-refractivity contribution in [1.82, 2.24) is 15.3 Å². The number of carbonyl (C=O) groups is 1. The smallest absolute Gasteiger partial charge is 0.258 e. The van der Waals surface area contributed by atoms with Gasteiger partial charge in [0.15, 0.2) is 0 Å². The van der Waals surface area contributed by atoms with Gasteiger partial charge in [0.2, 0.25) is 5.91 Å². The predicted molar refractivity (Wildman–Crippen MR) is 81.0 cm³/mol. The SMILES string of the molecule is C[C@@H](NC(=O)CCc1nc2ccccc2c(=O)[nH]1)C1CC1. The molecular weight excluding hydrogens is 266 g/mol. The van der Waals surface area contributed by atoms with Gasteiger partial charge >= 0.3 is 0 Å². The first-order valence-corrected chi connectivity index (χ1v) is 7.41. The average molecular weight is 285 g/mol. The summed E-state index contributed by atoms with van der Waals surface area (Å²) in [5.41, 5.74) is 0.519. The van der Waals surface area contributed by atoms with E-state index in [9.17, 15) is 9.59 Å². The molecule has 1 atom stereocenters. The van der Waals surface area contributed by atoms with Crippen molar-refractivity contribution < 1.29 is 4.79 Å². The predicted octanol–water partition coefficient (Wildman–Crippen LogP) is 1.77. The Bertz CT molecular complexity index is 719. The molecule has 5 nitrogen and oxygen atoms in total. The monoisotopic (exact) mass is 285 g/mol. The number of amides is 1. The number of aryl methyl sites for hydroxylation is 1. The highest BCUT2D eigenvalue weighted by Crippen LogP contribution is 2.32. The summed E-state index contributed by atoms with van der Waals surface area (Å²) in [5.74, 6) is 1.23. The van der Waals surface area contributed by atoms with E-state index in [4.69, 9.17) is 0 Å². The highest BCUT2D eigenvalue weighted by atomic mass is 16.1. The van der Waals surface area contributed by atoms with Crippen LogP contribution >= 0.6 is 0 Å². The third-order valence-corrected chi connectivity index (χ3v) is 3.97. The topological polar surface area (TPSA) is 74.8 Å². The van der Waals surface area contributed by atoms with E-state index in [1.165, 1.54) is 12.8 Å². The number of nitrogens with zero attached hydrogens (tertiary/aromatic N) is 1. The van der Waals surface area contributed by atoms with Crippen LogP contribution in [-0.4, -0.2) is 21.9 Å². The number of para-hydroxylation sites is 1. The number of benzene rings is 1. The van der Waals surface area contributed by atoms with E-state index >= 15 is 0 Å². The number of hydrogen-bond donors (Lipinski definition) is 2. The lowest BCUT2D eigenvalue weighted by Crippen LogP contribution is -2.34. The van der Waals surface area contributed by atoms with Crippen molar-refractivity contribution in [2.45, 2.75) is 38.6 Å². The van der Waals surface area contributed by atoms with Gasteiger partial charge in [0.05, 0.1) is 10.9 Å². The standard InChI is InChI=1S/C16H19N3O2/c1-10(11-6-7-11)17-15(20)9-8-14-18-13-5-3-2-4-12(13)16(21)19-14/h2-5,10-11H,6-9H2,1H3,(H,17,20)(H,18,19,21)/t10-/m1/s1. The van der Waals surface area contributed by atoms with E-state index < -0.39 is 0 Å². The Morgan fingerprint density at radius 2 is 2.19 bits per heavy atom. The Kier molecular flexibility index (Phi) is 3.73. The molecule has 0 saturated heterocycles. The molecule has 21 heavy (non-hydrogen) atoms. The molecule has 1 saturated carbocycles.